The predicted octanol–water partition coefficient (Wildman–Crippen LogP) is 3.98. The standard InChI is InChI=1S/C25H23FN2O4/c1-31-22-10-3-16(13-23(22)32-2)15-27-24(29)19-5-4-17-11-12-28(21(17)14-19)25(30)18-6-8-20(26)9-7-18/h3-10,13-14H,11-12,15H2,1-2H3,(H,27,29). The largest absolute Gasteiger partial charge is 0.493 e. The maximum absolute atomic E-state index is 13.2. The van der Waals surface area contributed by atoms with Crippen molar-refractivity contribution in [2.75, 3.05) is 25.7 Å². The van der Waals surface area contributed by atoms with Crippen molar-refractivity contribution in [1.29, 1.82) is 0 Å². The first kappa shape index (κ1) is 21.4. The quantitative estimate of drug-likeness (QED) is 0.637. The Balaban J connectivity index is 1.49. The van der Waals surface area contributed by atoms with E-state index in [1.165, 1.54) is 24.3 Å². The number of methoxy groups -OCH3 is 2. The molecule has 0 saturated heterocycles. The van der Waals surface area contributed by atoms with Gasteiger partial charge in [-0.25, -0.2) is 4.39 Å². The molecule has 1 aliphatic heterocycles. The average Bonchev–Trinajstić information content (AvgIpc) is 3.25. The Morgan fingerprint density at radius 3 is 2.38 bits per heavy atom. The fourth-order valence-corrected chi connectivity index (χ4v) is 3.75. The normalized spacial score (nSPS) is 12.3. The Labute approximate surface area is 185 Å². The summed E-state index contributed by atoms with van der Waals surface area (Å²) in [4.78, 5) is 27.3. The van der Waals surface area contributed by atoms with E-state index in [0.29, 0.717) is 47.8 Å². The highest BCUT2D eigenvalue weighted by Crippen LogP contribution is 2.31. The van der Waals surface area contributed by atoms with Gasteiger partial charge in [-0.05, 0) is 66.1 Å². The van der Waals surface area contributed by atoms with Crippen molar-refractivity contribution < 1.29 is 23.5 Å². The number of carbonyl (C=O) groups is 2. The van der Waals surface area contributed by atoms with Crippen LogP contribution in [-0.2, 0) is 13.0 Å². The van der Waals surface area contributed by atoms with E-state index < -0.39 is 5.82 Å². The summed E-state index contributed by atoms with van der Waals surface area (Å²) in [5, 5.41) is 2.90. The van der Waals surface area contributed by atoms with Gasteiger partial charge in [-0.1, -0.05) is 12.1 Å². The van der Waals surface area contributed by atoms with Crippen molar-refractivity contribution in [2.24, 2.45) is 0 Å². The molecule has 3 aromatic carbocycles. The number of rotatable bonds is 6. The van der Waals surface area contributed by atoms with Crippen LogP contribution in [0.3, 0.4) is 0 Å². The van der Waals surface area contributed by atoms with Gasteiger partial charge in [0.1, 0.15) is 5.82 Å². The first-order chi connectivity index (χ1) is 15.5. The minimum absolute atomic E-state index is 0.216. The molecule has 1 N–H and O–H groups in total. The number of benzene rings is 3. The zero-order valence-corrected chi connectivity index (χ0v) is 17.9. The van der Waals surface area contributed by atoms with Crippen LogP contribution in [0.1, 0.15) is 31.8 Å². The van der Waals surface area contributed by atoms with Crippen LogP contribution in [0, 0.1) is 5.82 Å². The topological polar surface area (TPSA) is 67.9 Å². The van der Waals surface area contributed by atoms with Gasteiger partial charge in [0, 0.05) is 29.9 Å². The van der Waals surface area contributed by atoms with E-state index in [2.05, 4.69) is 5.32 Å². The second kappa shape index (κ2) is 9.09. The monoisotopic (exact) mass is 434 g/mol. The van der Waals surface area contributed by atoms with Crippen LogP contribution in [0.25, 0.3) is 0 Å². The van der Waals surface area contributed by atoms with Crippen LogP contribution < -0.4 is 19.7 Å². The molecule has 2 amide bonds. The molecule has 0 bridgehead atoms. The van der Waals surface area contributed by atoms with E-state index in [-0.39, 0.29) is 11.8 Å². The van der Waals surface area contributed by atoms with Gasteiger partial charge in [0.05, 0.1) is 14.2 Å². The number of carbonyl (C=O) groups excluding carboxylic acids is 2. The Morgan fingerprint density at radius 2 is 1.66 bits per heavy atom. The molecule has 32 heavy (non-hydrogen) atoms. The second-order valence-corrected chi connectivity index (χ2v) is 7.43. The number of nitrogens with zero attached hydrogens (tertiary/aromatic N) is 1. The lowest BCUT2D eigenvalue weighted by Gasteiger charge is -2.18. The third-order valence-corrected chi connectivity index (χ3v) is 5.48. The Hall–Kier alpha value is -3.87. The first-order valence-corrected chi connectivity index (χ1v) is 10.2. The summed E-state index contributed by atoms with van der Waals surface area (Å²) in [5.41, 5.74) is 3.44. The summed E-state index contributed by atoms with van der Waals surface area (Å²) < 4.78 is 23.7. The summed E-state index contributed by atoms with van der Waals surface area (Å²) in [7, 11) is 3.13. The summed E-state index contributed by atoms with van der Waals surface area (Å²) >= 11 is 0. The lowest BCUT2D eigenvalue weighted by Crippen LogP contribution is -2.29. The van der Waals surface area contributed by atoms with Crippen LogP contribution in [-0.4, -0.2) is 32.6 Å². The van der Waals surface area contributed by atoms with E-state index in [0.717, 1.165) is 11.1 Å². The highest BCUT2D eigenvalue weighted by molar-refractivity contribution is 6.08. The second-order valence-electron chi connectivity index (χ2n) is 7.43. The molecule has 0 unspecified atom stereocenters. The molecule has 6 nitrogen and oxygen atoms in total. The molecular formula is C25H23FN2O4. The number of halogens is 1. The molecule has 0 atom stereocenters. The minimum Gasteiger partial charge on any atom is -0.493 e. The number of fused-ring (bicyclic) bond motifs is 1. The van der Waals surface area contributed by atoms with E-state index in [1.807, 2.05) is 18.2 Å². The molecule has 7 heteroatoms. The summed E-state index contributed by atoms with van der Waals surface area (Å²) in [5.74, 6) is 0.353. The molecule has 0 spiro atoms. The third kappa shape index (κ3) is 4.27. The molecular weight excluding hydrogens is 411 g/mol. The number of hydrogen-bond acceptors (Lipinski definition) is 4. The van der Waals surface area contributed by atoms with Crippen molar-refractivity contribution >= 4 is 17.5 Å². The third-order valence-electron chi connectivity index (χ3n) is 5.48. The van der Waals surface area contributed by atoms with Gasteiger partial charge in [0.2, 0.25) is 0 Å². The Morgan fingerprint density at radius 1 is 0.938 bits per heavy atom. The highest BCUT2D eigenvalue weighted by Gasteiger charge is 2.26. The average molecular weight is 434 g/mol. The predicted molar refractivity (Wildman–Crippen MR) is 119 cm³/mol. The van der Waals surface area contributed by atoms with Crippen LogP contribution in [0.4, 0.5) is 10.1 Å². The molecule has 4 rings (SSSR count). The van der Waals surface area contributed by atoms with Gasteiger partial charge >= 0.3 is 0 Å². The van der Waals surface area contributed by atoms with Gasteiger partial charge in [0.15, 0.2) is 11.5 Å². The molecule has 1 heterocycles. The maximum Gasteiger partial charge on any atom is 0.258 e. The van der Waals surface area contributed by atoms with Crippen LogP contribution in [0.15, 0.2) is 60.7 Å². The zero-order chi connectivity index (χ0) is 22.7. The molecule has 164 valence electrons. The van der Waals surface area contributed by atoms with Crippen molar-refractivity contribution in [3.8, 4) is 11.5 Å². The Kier molecular flexibility index (Phi) is 6.07. The lowest BCUT2D eigenvalue weighted by molar-refractivity contribution is 0.0948. The summed E-state index contributed by atoms with van der Waals surface area (Å²) in [6, 6.07) is 16.3. The van der Waals surface area contributed by atoms with Gasteiger partial charge in [-0.2, -0.15) is 0 Å². The molecule has 1 aliphatic rings. The van der Waals surface area contributed by atoms with Gasteiger partial charge in [-0.3, -0.25) is 9.59 Å². The van der Waals surface area contributed by atoms with Crippen molar-refractivity contribution in [2.45, 2.75) is 13.0 Å². The number of ether oxygens (including phenoxy) is 2. The smallest absolute Gasteiger partial charge is 0.258 e. The summed E-state index contributed by atoms with van der Waals surface area (Å²) in [6.45, 7) is 0.830. The fourth-order valence-electron chi connectivity index (χ4n) is 3.75. The summed E-state index contributed by atoms with van der Waals surface area (Å²) in [6.07, 6.45) is 0.704. The van der Waals surface area contributed by atoms with Gasteiger partial charge in [0.25, 0.3) is 11.8 Å². The molecule has 0 aromatic heterocycles. The van der Waals surface area contributed by atoms with E-state index in [1.54, 1.807) is 37.3 Å². The molecule has 0 fully saturated rings. The maximum atomic E-state index is 13.2. The van der Waals surface area contributed by atoms with Crippen molar-refractivity contribution in [3.63, 3.8) is 0 Å². The molecule has 0 radical (unpaired) electrons. The van der Waals surface area contributed by atoms with Crippen LogP contribution in [0.5, 0.6) is 11.5 Å². The van der Waals surface area contributed by atoms with Crippen molar-refractivity contribution in [3.05, 3.63) is 88.7 Å². The zero-order valence-electron chi connectivity index (χ0n) is 17.9. The van der Waals surface area contributed by atoms with E-state index >= 15 is 0 Å². The SMILES string of the molecule is COc1ccc(CNC(=O)c2ccc3c(c2)N(C(=O)c2ccc(F)cc2)CC3)cc1OC. The van der Waals surface area contributed by atoms with Gasteiger partial charge < -0.3 is 19.7 Å². The Bertz CT molecular complexity index is 1160. The van der Waals surface area contributed by atoms with Gasteiger partial charge in [-0.15, -0.1) is 0 Å². The number of nitrogens with one attached hydrogen (secondary N) is 1. The first-order valence-electron chi connectivity index (χ1n) is 10.2. The van der Waals surface area contributed by atoms with Crippen molar-refractivity contribution in [1.82, 2.24) is 5.32 Å². The molecule has 3 aromatic rings. The van der Waals surface area contributed by atoms with E-state index in [4.69, 9.17) is 9.47 Å². The lowest BCUT2D eigenvalue weighted by atomic mass is 10.1. The van der Waals surface area contributed by atoms with E-state index in [9.17, 15) is 14.0 Å². The highest BCUT2D eigenvalue weighted by atomic mass is 19.1. The van der Waals surface area contributed by atoms with Crippen LogP contribution >= 0.6 is 0 Å². The minimum atomic E-state index is -0.392. The number of anilines is 1. The molecule has 0 saturated carbocycles. The number of hydrogen-bond donors (Lipinski definition) is 1. The number of amides is 2. The fraction of sp³-hybridized carbons (Fsp3) is 0.200. The van der Waals surface area contributed by atoms with Crippen LogP contribution in [0.2, 0.25) is 0 Å². The molecule has 0 aliphatic carbocycles.